The van der Waals surface area contributed by atoms with Crippen molar-refractivity contribution in [3.63, 3.8) is 0 Å². The summed E-state index contributed by atoms with van der Waals surface area (Å²) in [6, 6.07) is 5.15. The van der Waals surface area contributed by atoms with Gasteiger partial charge in [0.15, 0.2) is 0 Å². The number of hydrogen-bond donors (Lipinski definition) is 3. The number of hydrogen-bond acceptors (Lipinski definition) is 4. The summed E-state index contributed by atoms with van der Waals surface area (Å²) in [7, 11) is 3.42. The Bertz CT molecular complexity index is 471. The zero-order valence-electron chi connectivity index (χ0n) is 13.4. The number of aliphatic hydroxyl groups is 1. The molecule has 0 aliphatic carbocycles. The number of nitrogens with zero attached hydrogens (tertiary/aromatic N) is 1. The third kappa shape index (κ3) is 4.63. The number of benzene rings is 1. The van der Waals surface area contributed by atoms with E-state index in [9.17, 15) is 9.90 Å². The number of carbonyl (C=O) groups excluding carboxylic acids is 1. The van der Waals surface area contributed by atoms with E-state index < -0.39 is 6.10 Å². The molecule has 5 nitrogen and oxygen atoms in total. The van der Waals surface area contributed by atoms with Crippen molar-refractivity contribution in [3.8, 4) is 0 Å². The third-order valence-corrected chi connectivity index (χ3v) is 3.80. The van der Waals surface area contributed by atoms with Crippen LogP contribution in [0.25, 0.3) is 0 Å². The summed E-state index contributed by atoms with van der Waals surface area (Å²) in [5.74, 6) is 0.198. The number of anilines is 2. The quantitative estimate of drug-likeness (QED) is 0.673. The number of nitrogens with two attached hydrogens (primary N) is 1. The highest BCUT2D eigenvalue weighted by Gasteiger charge is 2.16. The van der Waals surface area contributed by atoms with Crippen LogP contribution in [0.15, 0.2) is 18.2 Å². The third-order valence-electron chi connectivity index (χ3n) is 3.80. The molecule has 0 spiro atoms. The molecule has 1 amide bonds. The molecule has 1 unspecified atom stereocenters. The van der Waals surface area contributed by atoms with Gasteiger partial charge in [0.25, 0.3) is 5.91 Å². The number of aliphatic hydroxyl groups excluding tert-OH is 1. The first-order chi connectivity index (χ1) is 9.90. The minimum atomic E-state index is -0.424. The molecule has 0 aromatic heterocycles. The summed E-state index contributed by atoms with van der Waals surface area (Å²) < 4.78 is 0. The summed E-state index contributed by atoms with van der Waals surface area (Å²) in [6.45, 7) is 4.57. The zero-order chi connectivity index (χ0) is 16.0. The molecule has 5 heteroatoms. The number of carbonyl (C=O) groups is 1. The highest BCUT2D eigenvalue weighted by molar-refractivity contribution is 5.95. The van der Waals surface area contributed by atoms with Crippen LogP contribution >= 0.6 is 0 Å². The van der Waals surface area contributed by atoms with Crippen LogP contribution in [0.1, 0.15) is 37.0 Å². The lowest BCUT2D eigenvalue weighted by Crippen LogP contribution is -2.28. The fraction of sp³-hybridized carbons (Fsp3) is 0.562. The fourth-order valence-electron chi connectivity index (χ4n) is 2.31. The average Bonchev–Trinajstić information content (AvgIpc) is 2.46. The maximum Gasteiger partial charge on any atom is 0.253 e. The Labute approximate surface area is 127 Å². The number of nitrogen functional groups attached to an aromatic ring is 1. The van der Waals surface area contributed by atoms with E-state index in [0.29, 0.717) is 23.5 Å². The molecule has 118 valence electrons. The number of amides is 1. The van der Waals surface area contributed by atoms with Gasteiger partial charge in [-0.15, -0.1) is 0 Å². The molecule has 0 saturated carbocycles. The number of nitrogens with one attached hydrogen (secondary N) is 1. The van der Waals surface area contributed by atoms with Gasteiger partial charge < -0.3 is 21.1 Å². The Morgan fingerprint density at radius 3 is 2.48 bits per heavy atom. The Morgan fingerprint density at radius 1 is 1.33 bits per heavy atom. The van der Waals surface area contributed by atoms with Crippen LogP contribution in [-0.2, 0) is 0 Å². The van der Waals surface area contributed by atoms with E-state index in [-0.39, 0.29) is 11.8 Å². The maximum absolute atomic E-state index is 12.0. The lowest BCUT2D eigenvalue weighted by Gasteiger charge is -2.21. The van der Waals surface area contributed by atoms with Gasteiger partial charge in [-0.05, 0) is 24.1 Å². The van der Waals surface area contributed by atoms with Gasteiger partial charge in [-0.3, -0.25) is 4.79 Å². The van der Waals surface area contributed by atoms with Gasteiger partial charge in [0.05, 0.1) is 17.5 Å². The molecule has 0 bridgehead atoms. The van der Waals surface area contributed by atoms with Crippen molar-refractivity contribution in [3.05, 3.63) is 23.8 Å². The predicted octanol–water partition coefficient (Wildman–Crippen LogP) is 2.18. The molecule has 1 atom stereocenters. The van der Waals surface area contributed by atoms with Crippen molar-refractivity contribution < 1.29 is 9.90 Å². The van der Waals surface area contributed by atoms with Gasteiger partial charge in [0, 0.05) is 26.2 Å². The molecule has 0 heterocycles. The van der Waals surface area contributed by atoms with Crippen molar-refractivity contribution >= 4 is 17.3 Å². The van der Waals surface area contributed by atoms with Crippen molar-refractivity contribution in [1.82, 2.24) is 4.90 Å². The van der Waals surface area contributed by atoms with E-state index in [4.69, 9.17) is 5.73 Å². The summed E-state index contributed by atoms with van der Waals surface area (Å²) in [5.41, 5.74) is 7.76. The SMILES string of the molecule is CCC(CC)C(O)CNc1cc(C(=O)N(C)C)ccc1N. The van der Waals surface area contributed by atoms with E-state index >= 15 is 0 Å². The summed E-state index contributed by atoms with van der Waals surface area (Å²) in [4.78, 5) is 13.5. The molecule has 1 aromatic carbocycles. The predicted molar refractivity (Wildman–Crippen MR) is 87.4 cm³/mol. The minimum absolute atomic E-state index is 0.0707. The van der Waals surface area contributed by atoms with Crippen LogP contribution in [0.2, 0.25) is 0 Å². The molecule has 0 aliphatic rings. The van der Waals surface area contributed by atoms with E-state index in [0.717, 1.165) is 12.8 Å². The highest BCUT2D eigenvalue weighted by atomic mass is 16.3. The molecule has 4 N–H and O–H groups in total. The number of rotatable bonds is 7. The Hall–Kier alpha value is -1.75. The van der Waals surface area contributed by atoms with Gasteiger partial charge in [-0.1, -0.05) is 26.7 Å². The topological polar surface area (TPSA) is 78.6 Å². The zero-order valence-corrected chi connectivity index (χ0v) is 13.4. The highest BCUT2D eigenvalue weighted by Crippen LogP contribution is 2.22. The molecule has 21 heavy (non-hydrogen) atoms. The monoisotopic (exact) mass is 293 g/mol. The van der Waals surface area contributed by atoms with Crippen LogP contribution in [-0.4, -0.2) is 42.7 Å². The molecule has 1 rings (SSSR count). The molecule has 0 radical (unpaired) electrons. The van der Waals surface area contributed by atoms with Crippen LogP contribution in [0.4, 0.5) is 11.4 Å². The standard InChI is InChI=1S/C16H27N3O2/c1-5-11(6-2)15(20)10-18-14-9-12(7-8-13(14)17)16(21)19(3)4/h7-9,11,15,18,20H,5-6,10,17H2,1-4H3. The van der Waals surface area contributed by atoms with Crippen molar-refractivity contribution in [2.24, 2.45) is 5.92 Å². The fourth-order valence-corrected chi connectivity index (χ4v) is 2.31. The summed E-state index contributed by atoms with van der Waals surface area (Å²) in [6.07, 6.45) is 1.45. The Kier molecular flexibility index (Phi) is 6.49. The van der Waals surface area contributed by atoms with Crippen molar-refractivity contribution in [2.75, 3.05) is 31.7 Å². The maximum atomic E-state index is 12.0. The molecular weight excluding hydrogens is 266 g/mol. The van der Waals surface area contributed by atoms with Gasteiger partial charge >= 0.3 is 0 Å². The molecule has 0 saturated heterocycles. The smallest absolute Gasteiger partial charge is 0.253 e. The van der Waals surface area contributed by atoms with Gasteiger partial charge in [-0.2, -0.15) is 0 Å². The van der Waals surface area contributed by atoms with E-state index in [1.54, 1.807) is 32.3 Å². The van der Waals surface area contributed by atoms with Crippen LogP contribution in [0.5, 0.6) is 0 Å². The van der Waals surface area contributed by atoms with Crippen LogP contribution in [0.3, 0.4) is 0 Å². The van der Waals surface area contributed by atoms with Crippen LogP contribution in [0, 0.1) is 5.92 Å². The van der Waals surface area contributed by atoms with E-state index in [2.05, 4.69) is 19.2 Å². The Morgan fingerprint density at radius 2 is 1.95 bits per heavy atom. The van der Waals surface area contributed by atoms with Crippen molar-refractivity contribution in [1.29, 1.82) is 0 Å². The lowest BCUT2D eigenvalue weighted by atomic mass is 9.96. The minimum Gasteiger partial charge on any atom is -0.397 e. The molecule has 0 aliphatic heterocycles. The first-order valence-electron chi connectivity index (χ1n) is 7.43. The van der Waals surface area contributed by atoms with Gasteiger partial charge in [0.2, 0.25) is 0 Å². The first-order valence-corrected chi connectivity index (χ1v) is 7.43. The van der Waals surface area contributed by atoms with Crippen molar-refractivity contribution in [2.45, 2.75) is 32.8 Å². The van der Waals surface area contributed by atoms with E-state index in [1.165, 1.54) is 4.90 Å². The second-order valence-electron chi connectivity index (χ2n) is 5.53. The second-order valence-corrected chi connectivity index (χ2v) is 5.53. The normalized spacial score (nSPS) is 12.3. The first kappa shape index (κ1) is 17.3. The molecular formula is C16H27N3O2. The summed E-state index contributed by atoms with van der Waals surface area (Å²) >= 11 is 0. The second kappa shape index (κ2) is 7.88. The van der Waals surface area contributed by atoms with Gasteiger partial charge in [0.1, 0.15) is 0 Å². The van der Waals surface area contributed by atoms with E-state index in [1.807, 2.05) is 0 Å². The largest absolute Gasteiger partial charge is 0.397 e. The summed E-state index contributed by atoms with van der Waals surface area (Å²) in [5, 5.41) is 13.3. The average molecular weight is 293 g/mol. The molecule has 0 fully saturated rings. The molecule has 1 aromatic rings. The van der Waals surface area contributed by atoms with Gasteiger partial charge in [-0.25, -0.2) is 0 Å². The lowest BCUT2D eigenvalue weighted by molar-refractivity contribution is 0.0827. The Balaban J connectivity index is 2.79. The van der Waals surface area contributed by atoms with Crippen LogP contribution < -0.4 is 11.1 Å².